The zero-order valence-corrected chi connectivity index (χ0v) is 14.5. The Morgan fingerprint density at radius 1 is 0.962 bits per heavy atom. The molecule has 0 spiro atoms. The molecule has 0 saturated carbocycles. The Morgan fingerprint density at radius 2 is 1.58 bits per heavy atom. The summed E-state index contributed by atoms with van der Waals surface area (Å²) in [6.07, 6.45) is -1.11. The number of carbonyl (C=O) groups is 3. The minimum Gasteiger partial charge on any atom is -0.457 e. The number of imide groups is 1. The van der Waals surface area contributed by atoms with Gasteiger partial charge >= 0.3 is 12.0 Å². The van der Waals surface area contributed by atoms with Crippen molar-refractivity contribution in [2.24, 2.45) is 0 Å². The molecule has 0 bridgehead atoms. The summed E-state index contributed by atoms with van der Waals surface area (Å²) in [4.78, 5) is 35.2. The molecule has 2 rings (SSSR count). The molecule has 7 nitrogen and oxygen atoms in total. The van der Waals surface area contributed by atoms with Gasteiger partial charge in [-0.2, -0.15) is 0 Å². The predicted molar refractivity (Wildman–Crippen MR) is 95.1 cm³/mol. The second-order valence-electron chi connectivity index (χ2n) is 5.34. The molecule has 0 saturated heterocycles. The molecule has 0 unspecified atom stereocenters. The second-order valence-corrected chi connectivity index (χ2v) is 5.34. The molecular formula is C19H20N2O5. The first-order valence-corrected chi connectivity index (χ1v) is 8.12. The Hall–Kier alpha value is -3.35. The van der Waals surface area contributed by atoms with Gasteiger partial charge in [-0.3, -0.25) is 10.1 Å². The van der Waals surface area contributed by atoms with Crippen LogP contribution >= 0.6 is 0 Å². The van der Waals surface area contributed by atoms with E-state index in [1.165, 1.54) is 19.1 Å². The second kappa shape index (κ2) is 9.22. The third-order valence-electron chi connectivity index (χ3n) is 3.30. The average molecular weight is 356 g/mol. The van der Waals surface area contributed by atoms with E-state index in [1.807, 2.05) is 30.3 Å². The summed E-state index contributed by atoms with van der Waals surface area (Å²) < 4.78 is 10.7. The van der Waals surface area contributed by atoms with Crippen LogP contribution < -0.4 is 15.4 Å². The molecule has 0 aliphatic heterocycles. The molecule has 136 valence electrons. The number of rotatable bonds is 6. The van der Waals surface area contributed by atoms with Crippen LogP contribution in [0.4, 0.5) is 4.79 Å². The van der Waals surface area contributed by atoms with Gasteiger partial charge in [0, 0.05) is 6.54 Å². The Kier molecular flexibility index (Phi) is 6.73. The highest BCUT2D eigenvalue weighted by molar-refractivity contribution is 5.98. The van der Waals surface area contributed by atoms with Crippen molar-refractivity contribution < 1.29 is 23.9 Å². The van der Waals surface area contributed by atoms with Crippen molar-refractivity contribution in [1.82, 2.24) is 10.6 Å². The first-order valence-electron chi connectivity index (χ1n) is 8.12. The van der Waals surface area contributed by atoms with Crippen LogP contribution in [0.1, 0.15) is 24.2 Å². The number of nitrogens with one attached hydrogen (secondary N) is 2. The van der Waals surface area contributed by atoms with Crippen LogP contribution in [0.2, 0.25) is 0 Å². The topological polar surface area (TPSA) is 93.7 Å². The number of hydrogen-bond donors (Lipinski definition) is 2. The van der Waals surface area contributed by atoms with Crippen LogP contribution in [-0.4, -0.2) is 30.6 Å². The van der Waals surface area contributed by atoms with Gasteiger partial charge in [-0.25, -0.2) is 9.59 Å². The molecule has 0 fully saturated rings. The van der Waals surface area contributed by atoms with Crippen molar-refractivity contribution in [3.63, 3.8) is 0 Å². The molecule has 0 aliphatic rings. The van der Waals surface area contributed by atoms with E-state index in [4.69, 9.17) is 9.47 Å². The van der Waals surface area contributed by atoms with E-state index in [0.717, 1.165) is 0 Å². The number of hydrogen-bond acceptors (Lipinski definition) is 5. The van der Waals surface area contributed by atoms with Crippen LogP contribution in [0.3, 0.4) is 0 Å². The van der Waals surface area contributed by atoms with Gasteiger partial charge in [-0.15, -0.1) is 0 Å². The summed E-state index contributed by atoms with van der Waals surface area (Å²) >= 11 is 0. The summed E-state index contributed by atoms with van der Waals surface area (Å²) in [6, 6.07) is 14.9. The van der Waals surface area contributed by atoms with Gasteiger partial charge in [0.2, 0.25) is 0 Å². The molecule has 0 aromatic heterocycles. The molecule has 2 N–H and O–H groups in total. The van der Waals surface area contributed by atoms with E-state index >= 15 is 0 Å². The third kappa shape index (κ3) is 5.62. The number of amides is 3. The van der Waals surface area contributed by atoms with Crippen molar-refractivity contribution in [1.29, 1.82) is 0 Å². The normalized spacial score (nSPS) is 11.2. The predicted octanol–water partition coefficient (Wildman–Crippen LogP) is 2.87. The Balaban J connectivity index is 1.91. The molecule has 26 heavy (non-hydrogen) atoms. The Labute approximate surface area is 151 Å². The minimum absolute atomic E-state index is 0.267. The monoisotopic (exact) mass is 356 g/mol. The van der Waals surface area contributed by atoms with Gasteiger partial charge in [0.15, 0.2) is 6.10 Å². The molecular weight excluding hydrogens is 336 g/mol. The number of urea groups is 1. The summed E-state index contributed by atoms with van der Waals surface area (Å²) in [5, 5.41) is 4.50. The first-order chi connectivity index (χ1) is 12.5. The van der Waals surface area contributed by atoms with Gasteiger partial charge in [-0.05, 0) is 50.2 Å². The van der Waals surface area contributed by atoms with Crippen molar-refractivity contribution in [3.05, 3.63) is 60.2 Å². The summed E-state index contributed by atoms with van der Waals surface area (Å²) in [5.74, 6) is -0.128. The minimum atomic E-state index is -1.11. The van der Waals surface area contributed by atoms with Crippen LogP contribution in [0.15, 0.2) is 54.6 Å². The van der Waals surface area contributed by atoms with Crippen LogP contribution in [0.5, 0.6) is 11.5 Å². The smallest absolute Gasteiger partial charge is 0.338 e. The van der Waals surface area contributed by atoms with Crippen molar-refractivity contribution in [2.75, 3.05) is 6.54 Å². The quantitative estimate of drug-likeness (QED) is 0.776. The Morgan fingerprint density at radius 3 is 2.19 bits per heavy atom. The van der Waals surface area contributed by atoms with E-state index in [2.05, 4.69) is 10.6 Å². The van der Waals surface area contributed by atoms with Gasteiger partial charge in [0.1, 0.15) is 11.5 Å². The van der Waals surface area contributed by atoms with E-state index < -0.39 is 24.0 Å². The summed E-state index contributed by atoms with van der Waals surface area (Å²) in [5.41, 5.74) is 0.267. The average Bonchev–Trinajstić information content (AvgIpc) is 2.63. The molecule has 0 aliphatic carbocycles. The fourth-order valence-corrected chi connectivity index (χ4v) is 1.98. The zero-order chi connectivity index (χ0) is 18.9. The van der Waals surface area contributed by atoms with Gasteiger partial charge in [0.05, 0.1) is 5.56 Å². The lowest BCUT2D eigenvalue weighted by atomic mass is 10.2. The van der Waals surface area contributed by atoms with Crippen LogP contribution in [-0.2, 0) is 9.53 Å². The lowest BCUT2D eigenvalue weighted by molar-refractivity contribution is -0.127. The van der Waals surface area contributed by atoms with E-state index in [9.17, 15) is 14.4 Å². The molecule has 7 heteroatoms. The fourth-order valence-electron chi connectivity index (χ4n) is 1.98. The molecule has 2 aromatic rings. The lowest BCUT2D eigenvalue weighted by Crippen LogP contribution is -2.44. The lowest BCUT2D eigenvalue weighted by Gasteiger charge is -2.13. The number of benzene rings is 2. The molecule has 1 atom stereocenters. The molecule has 2 aromatic carbocycles. The number of para-hydroxylation sites is 1. The Bertz CT molecular complexity index is 759. The maximum atomic E-state index is 12.1. The fraction of sp³-hybridized carbons (Fsp3) is 0.211. The molecule has 0 heterocycles. The number of carbonyl (C=O) groups excluding carboxylic acids is 3. The van der Waals surface area contributed by atoms with Crippen LogP contribution in [0, 0.1) is 0 Å². The highest BCUT2D eigenvalue weighted by atomic mass is 16.5. The highest BCUT2D eigenvalue weighted by Gasteiger charge is 2.20. The standard InChI is InChI=1S/C19H20N2O5/c1-3-20-19(24)21-17(22)13(2)25-18(23)14-9-11-16(12-10-14)26-15-7-5-4-6-8-15/h4-13H,3H2,1-2H3,(H2,20,21,22,24)/t13-/m0/s1. The SMILES string of the molecule is CCNC(=O)NC(=O)[C@H](C)OC(=O)c1ccc(Oc2ccccc2)cc1. The van der Waals surface area contributed by atoms with Gasteiger partial charge in [-0.1, -0.05) is 18.2 Å². The number of esters is 1. The molecule has 3 amide bonds. The summed E-state index contributed by atoms with van der Waals surface area (Å²) in [7, 11) is 0. The van der Waals surface area contributed by atoms with E-state index in [0.29, 0.717) is 18.0 Å². The maximum absolute atomic E-state index is 12.1. The third-order valence-corrected chi connectivity index (χ3v) is 3.30. The maximum Gasteiger partial charge on any atom is 0.338 e. The van der Waals surface area contributed by atoms with Crippen molar-refractivity contribution in [3.8, 4) is 11.5 Å². The van der Waals surface area contributed by atoms with Crippen molar-refractivity contribution in [2.45, 2.75) is 20.0 Å². The largest absolute Gasteiger partial charge is 0.457 e. The number of ether oxygens (including phenoxy) is 2. The highest BCUT2D eigenvalue weighted by Crippen LogP contribution is 2.21. The zero-order valence-electron chi connectivity index (χ0n) is 14.5. The molecule has 0 radical (unpaired) electrons. The van der Waals surface area contributed by atoms with E-state index in [-0.39, 0.29) is 5.56 Å². The van der Waals surface area contributed by atoms with Gasteiger partial charge < -0.3 is 14.8 Å². The van der Waals surface area contributed by atoms with Gasteiger partial charge in [0.25, 0.3) is 5.91 Å². The van der Waals surface area contributed by atoms with E-state index in [1.54, 1.807) is 19.1 Å². The first kappa shape index (κ1) is 19.0. The van der Waals surface area contributed by atoms with Crippen molar-refractivity contribution >= 4 is 17.9 Å². The summed E-state index contributed by atoms with van der Waals surface area (Å²) in [6.45, 7) is 3.49. The van der Waals surface area contributed by atoms with Crippen LogP contribution in [0.25, 0.3) is 0 Å².